The summed E-state index contributed by atoms with van der Waals surface area (Å²) in [7, 11) is 0. The maximum atomic E-state index is 13.8. The standard InChI is InChI=1S/C39H23N5O/c45-38-28-13-4-7-15-31(28)41-39-43-36-21-19-25(23-32(36)40-37(43)29-14-6-9-17-34(29)44(38)39)24-18-20-35-30(22-24)27-12-5-8-16-33(27)42(35)26-10-2-1-3-11-26/h1-23H. The molecule has 0 saturated heterocycles. The van der Waals surface area contributed by atoms with Crippen molar-refractivity contribution in [2.75, 3.05) is 0 Å². The summed E-state index contributed by atoms with van der Waals surface area (Å²) in [5.41, 5.74) is 9.59. The van der Waals surface area contributed by atoms with Gasteiger partial charge in [0.05, 0.1) is 38.5 Å². The predicted octanol–water partition coefficient (Wildman–Crippen LogP) is 8.57. The Bertz CT molecular complexity index is 2900. The van der Waals surface area contributed by atoms with E-state index in [9.17, 15) is 4.79 Å². The van der Waals surface area contributed by atoms with Crippen LogP contribution in [0.1, 0.15) is 0 Å². The minimum absolute atomic E-state index is 0.0878. The molecule has 0 radical (unpaired) electrons. The monoisotopic (exact) mass is 577 g/mol. The number of hydrogen-bond donors (Lipinski definition) is 0. The van der Waals surface area contributed by atoms with E-state index < -0.39 is 0 Å². The molecule has 210 valence electrons. The van der Waals surface area contributed by atoms with Crippen molar-refractivity contribution in [3.63, 3.8) is 0 Å². The van der Waals surface area contributed by atoms with E-state index in [-0.39, 0.29) is 5.56 Å². The second-order valence-corrected chi connectivity index (χ2v) is 11.5. The molecule has 0 unspecified atom stereocenters. The zero-order valence-corrected chi connectivity index (χ0v) is 23.9. The normalized spacial score (nSPS) is 12.1. The lowest BCUT2D eigenvalue weighted by Gasteiger charge is -2.10. The fourth-order valence-electron chi connectivity index (χ4n) is 7.00. The number of nitrogens with zero attached hydrogens (tertiary/aromatic N) is 5. The molecule has 0 spiro atoms. The summed E-state index contributed by atoms with van der Waals surface area (Å²) < 4.78 is 6.07. The largest absolute Gasteiger partial charge is 0.309 e. The number of fused-ring (bicyclic) bond motifs is 12. The molecule has 0 aliphatic heterocycles. The van der Waals surface area contributed by atoms with Gasteiger partial charge in [-0.1, -0.05) is 72.8 Å². The second-order valence-electron chi connectivity index (χ2n) is 11.5. The Kier molecular flexibility index (Phi) is 4.77. The maximum absolute atomic E-state index is 13.8. The van der Waals surface area contributed by atoms with E-state index in [1.807, 2.05) is 59.0 Å². The molecule has 4 heterocycles. The number of benzene rings is 6. The predicted molar refractivity (Wildman–Crippen MR) is 183 cm³/mol. The van der Waals surface area contributed by atoms with E-state index in [1.165, 1.54) is 21.8 Å². The van der Waals surface area contributed by atoms with E-state index in [4.69, 9.17) is 9.97 Å². The minimum atomic E-state index is -0.0878. The summed E-state index contributed by atoms with van der Waals surface area (Å²) in [4.78, 5) is 24.0. The van der Waals surface area contributed by atoms with Crippen molar-refractivity contribution in [1.29, 1.82) is 0 Å². The molecule has 10 aromatic rings. The smallest absolute Gasteiger partial charge is 0.267 e. The summed E-state index contributed by atoms with van der Waals surface area (Å²) in [6.45, 7) is 0. The zero-order valence-electron chi connectivity index (χ0n) is 23.9. The number of hydrogen-bond acceptors (Lipinski definition) is 3. The van der Waals surface area contributed by atoms with E-state index in [0.717, 1.165) is 44.4 Å². The molecule has 4 aromatic heterocycles. The molecule has 6 nitrogen and oxygen atoms in total. The van der Waals surface area contributed by atoms with Crippen molar-refractivity contribution in [3.8, 4) is 16.8 Å². The van der Waals surface area contributed by atoms with Crippen LogP contribution < -0.4 is 5.56 Å². The lowest BCUT2D eigenvalue weighted by atomic mass is 10.0. The fourth-order valence-corrected chi connectivity index (χ4v) is 7.00. The van der Waals surface area contributed by atoms with Gasteiger partial charge in [0.25, 0.3) is 5.56 Å². The van der Waals surface area contributed by atoms with E-state index in [2.05, 4.69) is 89.5 Å². The SMILES string of the molecule is O=c1c2ccccc2nc2n1c1ccccc1c1nc3cc(-c4ccc5c(c4)c4ccccc4n5-c4ccccc4)ccc3n12. The van der Waals surface area contributed by atoms with Gasteiger partial charge in [0.1, 0.15) is 5.65 Å². The Hall–Kier alpha value is -6.27. The van der Waals surface area contributed by atoms with E-state index in [1.54, 1.807) is 4.40 Å². The molecule has 0 saturated carbocycles. The Morgan fingerprint density at radius 1 is 0.444 bits per heavy atom. The van der Waals surface area contributed by atoms with Crippen LogP contribution in [-0.2, 0) is 0 Å². The first kappa shape index (κ1) is 24.2. The topological polar surface area (TPSA) is 56.6 Å². The Labute approximate surface area is 255 Å². The summed E-state index contributed by atoms with van der Waals surface area (Å²) in [5.74, 6) is 0.554. The van der Waals surface area contributed by atoms with Crippen molar-refractivity contribution in [2.24, 2.45) is 0 Å². The van der Waals surface area contributed by atoms with Gasteiger partial charge in [-0.3, -0.25) is 9.20 Å². The molecule has 6 heteroatoms. The van der Waals surface area contributed by atoms with Gasteiger partial charge < -0.3 is 4.57 Å². The number of rotatable bonds is 2. The molecular formula is C39H23N5O. The molecule has 0 fully saturated rings. The van der Waals surface area contributed by atoms with Gasteiger partial charge in [-0.05, 0) is 77.9 Å². The molecular weight excluding hydrogens is 554 g/mol. The molecule has 0 aliphatic carbocycles. The van der Waals surface area contributed by atoms with Crippen molar-refractivity contribution >= 4 is 66.1 Å². The van der Waals surface area contributed by atoms with Crippen LogP contribution >= 0.6 is 0 Å². The van der Waals surface area contributed by atoms with Gasteiger partial charge in [-0.15, -0.1) is 0 Å². The quantitative estimate of drug-likeness (QED) is 0.153. The molecule has 6 aromatic carbocycles. The first-order valence-corrected chi connectivity index (χ1v) is 15.0. The molecule has 0 atom stereocenters. The second kappa shape index (κ2) is 8.88. The molecule has 10 rings (SSSR count). The van der Waals surface area contributed by atoms with Crippen molar-refractivity contribution in [3.05, 3.63) is 150 Å². The summed E-state index contributed by atoms with van der Waals surface area (Å²) in [6, 6.07) is 47.6. The van der Waals surface area contributed by atoms with Gasteiger partial charge in [-0.2, -0.15) is 0 Å². The highest BCUT2D eigenvalue weighted by molar-refractivity contribution is 6.10. The number of para-hydroxylation sites is 4. The average Bonchev–Trinajstić information content (AvgIpc) is 3.64. The summed E-state index contributed by atoms with van der Waals surface area (Å²) >= 11 is 0. The first-order valence-electron chi connectivity index (χ1n) is 15.0. The lowest BCUT2D eigenvalue weighted by molar-refractivity contribution is 1.05. The number of imidazole rings is 1. The van der Waals surface area contributed by atoms with Crippen LogP contribution in [0.15, 0.2) is 144 Å². The Morgan fingerprint density at radius 2 is 1.09 bits per heavy atom. The number of aromatic nitrogens is 5. The Morgan fingerprint density at radius 3 is 1.93 bits per heavy atom. The van der Waals surface area contributed by atoms with Crippen molar-refractivity contribution < 1.29 is 0 Å². The van der Waals surface area contributed by atoms with Crippen molar-refractivity contribution in [1.82, 2.24) is 23.3 Å². The fraction of sp³-hybridized carbons (Fsp3) is 0. The van der Waals surface area contributed by atoms with Crippen LogP contribution in [0.4, 0.5) is 0 Å². The third kappa shape index (κ3) is 3.30. The van der Waals surface area contributed by atoms with Gasteiger partial charge in [-0.25, -0.2) is 14.4 Å². The molecule has 45 heavy (non-hydrogen) atoms. The average molecular weight is 578 g/mol. The third-order valence-corrected chi connectivity index (χ3v) is 9.02. The zero-order chi connectivity index (χ0) is 29.6. The first-order chi connectivity index (χ1) is 22.2. The molecule has 0 amide bonds. The highest BCUT2D eigenvalue weighted by Crippen LogP contribution is 2.36. The van der Waals surface area contributed by atoms with E-state index >= 15 is 0 Å². The van der Waals surface area contributed by atoms with E-state index in [0.29, 0.717) is 16.7 Å². The van der Waals surface area contributed by atoms with Crippen LogP contribution in [0, 0.1) is 0 Å². The Balaban J connectivity index is 1.24. The summed E-state index contributed by atoms with van der Waals surface area (Å²) in [5, 5.41) is 3.91. The van der Waals surface area contributed by atoms with Crippen LogP contribution in [0.5, 0.6) is 0 Å². The van der Waals surface area contributed by atoms with Gasteiger partial charge in [0.15, 0.2) is 0 Å². The van der Waals surface area contributed by atoms with Crippen LogP contribution in [-0.4, -0.2) is 23.3 Å². The van der Waals surface area contributed by atoms with Crippen molar-refractivity contribution in [2.45, 2.75) is 0 Å². The molecule has 0 bridgehead atoms. The third-order valence-electron chi connectivity index (χ3n) is 9.02. The van der Waals surface area contributed by atoms with Gasteiger partial charge in [0.2, 0.25) is 5.78 Å². The minimum Gasteiger partial charge on any atom is -0.309 e. The van der Waals surface area contributed by atoms with Crippen LogP contribution in [0.3, 0.4) is 0 Å². The highest BCUT2D eigenvalue weighted by atomic mass is 16.1. The summed E-state index contributed by atoms with van der Waals surface area (Å²) in [6.07, 6.45) is 0. The van der Waals surface area contributed by atoms with Gasteiger partial charge in [0, 0.05) is 21.8 Å². The lowest BCUT2D eigenvalue weighted by Crippen LogP contribution is -2.18. The maximum Gasteiger partial charge on any atom is 0.267 e. The highest BCUT2D eigenvalue weighted by Gasteiger charge is 2.18. The van der Waals surface area contributed by atoms with Crippen LogP contribution in [0.2, 0.25) is 0 Å². The molecule has 0 aliphatic rings. The van der Waals surface area contributed by atoms with Gasteiger partial charge >= 0.3 is 0 Å². The van der Waals surface area contributed by atoms with Crippen LogP contribution in [0.25, 0.3) is 82.9 Å². The molecule has 0 N–H and O–H groups in total.